The van der Waals surface area contributed by atoms with E-state index in [0.717, 1.165) is 6.42 Å². The first-order valence-corrected chi connectivity index (χ1v) is 6.11. The quantitative estimate of drug-likeness (QED) is 0.677. The summed E-state index contributed by atoms with van der Waals surface area (Å²) in [5.74, 6) is -0.842. The first kappa shape index (κ1) is 14.9. The number of carboxylic acid groups (broad SMARTS) is 1. The maximum Gasteiger partial charge on any atom is 0.356 e. The third-order valence-corrected chi connectivity index (χ3v) is 2.53. The minimum atomic E-state index is -1.13. The zero-order valence-corrected chi connectivity index (χ0v) is 11.0. The van der Waals surface area contributed by atoms with Crippen molar-refractivity contribution < 1.29 is 14.7 Å². The van der Waals surface area contributed by atoms with Crippen molar-refractivity contribution in [3.8, 4) is 0 Å². The molecule has 0 bridgehead atoms. The van der Waals surface area contributed by atoms with E-state index in [2.05, 4.69) is 20.6 Å². The van der Waals surface area contributed by atoms with Crippen LogP contribution in [-0.2, 0) is 4.79 Å². The van der Waals surface area contributed by atoms with Gasteiger partial charge in [0.25, 0.3) is 0 Å². The molecule has 0 aliphatic rings. The van der Waals surface area contributed by atoms with Crippen molar-refractivity contribution in [3.05, 3.63) is 18.1 Å². The third-order valence-electron chi connectivity index (χ3n) is 2.53. The summed E-state index contributed by atoms with van der Waals surface area (Å²) in [6, 6.07) is 0.155. The molecular formula is C12H18N4O3. The van der Waals surface area contributed by atoms with E-state index in [1.807, 2.05) is 13.8 Å². The van der Waals surface area contributed by atoms with Gasteiger partial charge in [0.15, 0.2) is 5.69 Å². The zero-order valence-electron chi connectivity index (χ0n) is 11.0. The van der Waals surface area contributed by atoms with Crippen LogP contribution in [0.5, 0.6) is 0 Å². The predicted octanol–water partition coefficient (Wildman–Crippen LogP) is 0.891. The molecule has 1 aromatic rings. The number of rotatable bonds is 7. The first-order valence-electron chi connectivity index (χ1n) is 6.11. The normalized spacial score (nSPS) is 11.7. The highest BCUT2D eigenvalue weighted by molar-refractivity contribution is 5.85. The number of aromatic nitrogens is 2. The summed E-state index contributed by atoms with van der Waals surface area (Å²) in [6.45, 7) is 4.31. The van der Waals surface area contributed by atoms with Crippen LogP contribution in [0.25, 0.3) is 0 Å². The maximum atomic E-state index is 11.5. The molecule has 7 nitrogen and oxygen atoms in total. The summed E-state index contributed by atoms with van der Waals surface area (Å²) in [5.41, 5.74) is -0.131. The maximum absolute atomic E-state index is 11.5. The topological polar surface area (TPSA) is 104 Å². The van der Waals surface area contributed by atoms with Gasteiger partial charge >= 0.3 is 5.97 Å². The van der Waals surface area contributed by atoms with Gasteiger partial charge in [-0.2, -0.15) is 0 Å². The van der Waals surface area contributed by atoms with E-state index in [-0.39, 0.29) is 17.6 Å². The second kappa shape index (κ2) is 7.30. The molecular weight excluding hydrogens is 248 g/mol. The van der Waals surface area contributed by atoms with Gasteiger partial charge in [0.1, 0.15) is 5.82 Å². The molecule has 0 saturated heterocycles. The Labute approximate surface area is 111 Å². The molecule has 1 unspecified atom stereocenters. The summed E-state index contributed by atoms with van der Waals surface area (Å²) in [6.07, 6.45) is 3.76. The van der Waals surface area contributed by atoms with Crippen molar-refractivity contribution in [1.82, 2.24) is 15.3 Å². The van der Waals surface area contributed by atoms with Crippen LogP contribution < -0.4 is 10.6 Å². The number of carbonyl (C=O) groups is 2. The second-order valence-corrected chi connectivity index (χ2v) is 4.15. The van der Waals surface area contributed by atoms with Crippen LogP contribution in [0, 0.1) is 0 Å². The Balaban J connectivity index is 2.39. The minimum absolute atomic E-state index is 0.0517. The van der Waals surface area contributed by atoms with Gasteiger partial charge in [0, 0.05) is 19.0 Å². The largest absolute Gasteiger partial charge is 0.476 e. The van der Waals surface area contributed by atoms with E-state index < -0.39 is 5.97 Å². The average molecular weight is 266 g/mol. The molecule has 1 amide bonds. The Hall–Kier alpha value is -2.18. The fourth-order valence-corrected chi connectivity index (χ4v) is 1.31. The van der Waals surface area contributed by atoms with Crippen LogP contribution in [0.2, 0.25) is 0 Å². The van der Waals surface area contributed by atoms with Crippen LogP contribution in [0.3, 0.4) is 0 Å². The molecule has 0 spiro atoms. The molecule has 0 saturated carbocycles. The number of hydrogen-bond donors (Lipinski definition) is 3. The molecule has 1 heterocycles. The summed E-state index contributed by atoms with van der Waals surface area (Å²) < 4.78 is 0. The molecule has 0 aliphatic carbocycles. The Morgan fingerprint density at radius 3 is 2.79 bits per heavy atom. The monoisotopic (exact) mass is 266 g/mol. The van der Waals surface area contributed by atoms with Crippen LogP contribution in [-0.4, -0.2) is 39.5 Å². The highest BCUT2D eigenvalue weighted by Crippen LogP contribution is 2.02. The number of amides is 1. The third kappa shape index (κ3) is 5.33. The molecule has 1 atom stereocenters. The average Bonchev–Trinajstić information content (AvgIpc) is 2.38. The number of hydrogen-bond acceptors (Lipinski definition) is 5. The molecule has 0 fully saturated rings. The number of carboxylic acids is 1. The van der Waals surface area contributed by atoms with Crippen LogP contribution in [0.15, 0.2) is 12.4 Å². The predicted molar refractivity (Wildman–Crippen MR) is 70.0 cm³/mol. The molecule has 3 N–H and O–H groups in total. The molecule has 0 aliphatic heterocycles. The van der Waals surface area contributed by atoms with E-state index in [1.165, 1.54) is 12.4 Å². The Morgan fingerprint density at radius 2 is 2.16 bits per heavy atom. The van der Waals surface area contributed by atoms with Crippen LogP contribution in [0.1, 0.15) is 37.2 Å². The van der Waals surface area contributed by atoms with Gasteiger partial charge < -0.3 is 15.7 Å². The summed E-state index contributed by atoms with van der Waals surface area (Å²) in [5, 5.41) is 14.5. The van der Waals surface area contributed by atoms with Crippen LogP contribution >= 0.6 is 0 Å². The standard InChI is InChI=1S/C12H18N4O3/c1-3-8(2)15-11(17)4-5-14-10-7-13-6-9(16-10)12(18)19/h6-8H,3-5H2,1-2H3,(H,14,16)(H,15,17)(H,18,19). The van der Waals surface area contributed by atoms with Gasteiger partial charge in [0.05, 0.1) is 12.4 Å². The number of anilines is 1. The van der Waals surface area contributed by atoms with E-state index in [9.17, 15) is 9.59 Å². The van der Waals surface area contributed by atoms with Crippen LogP contribution in [0.4, 0.5) is 5.82 Å². The zero-order chi connectivity index (χ0) is 14.3. The Kier molecular flexibility index (Phi) is 5.72. The van der Waals surface area contributed by atoms with Crippen molar-refractivity contribution in [2.24, 2.45) is 0 Å². The molecule has 0 radical (unpaired) electrons. The Bertz CT molecular complexity index is 450. The summed E-state index contributed by atoms with van der Waals surface area (Å²) in [7, 11) is 0. The van der Waals surface area contributed by atoms with Gasteiger partial charge in [-0.1, -0.05) is 6.92 Å². The molecule has 1 aromatic heterocycles. The summed E-state index contributed by atoms with van der Waals surface area (Å²) >= 11 is 0. The lowest BCUT2D eigenvalue weighted by Gasteiger charge is -2.11. The number of carbonyl (C=O) groups excluding carboxylic acids is 1. The number of aromatic carboxylic acids is 1. The highest BCUT2D eigenvalue weighted by Gasteiger charge is 2.07. The van der Waals surface area contributed by atoms with Crippen molar-refractivity contribution in [1.29, 1.82) is 0 Å². The lowest BCUT2D eigenvalue weighted by atomic mass is 10.2. The number of nitrogens with zero attached hydrogens (tertiary/aromatic N) is 2. The highest BCUT2D eigenvalue weighted by atomic mass is 16.4. The van der Waals surface area contributed by atoms with Gasteiger partial charge in [0.2, 0.25) is 5.91 Å². The lowest BCUT2D eigenvalue weighted by Crippen LogP contribution is -2.33. The van der Waals surface area contributed by atoms with E-state index in [0.29, 0.717) is 18.8 Å². The van der Waals surface area contributed by atoms with E-state index in [4.69, 9.17) is 5.11 Å². The molecule has 19 heavy (non-hydrogen) atoms. The molecule has 0 aromatic carbocycles. The van der Waals surface area contributed by atoms with Crippen molar-refractivity contribution >= 4 is 17.7 Å². The molecule has 7 heteroatoms. The Morgan fingerprint density at radius 1 is 1.42 bits per heavy atom. The van der Waals surface area contributed by atoms with Gasteiger partial charge in [-0.25, -0.2) is 9.78 Å². The van der Waals surface area contributed by atoms with Crippen molar-refractivity contribution in [2.45, 2.75) is 32.7 Å². The minimum Gasteiger partial charge on any atom is -0.476 e. The van der Waals surface area contributed by atoms with Gasteiger partial charge in [-0.3, -0.25) is 9.78 Å². The van der Waals surface area contributed by atoms with E-state index >= 15 is 0 Å². The fourth-order valence-electron chi connectivity index (χ4n) is 1.31. The molecule has 1 rings (SSSR count). The smallest absolute Gasteiger partial charge is 0.356 e. The first-order chi connectivity index (χ1) is 9.02. The van der Waals surface area contributed by atoms with Crippen molar-refractivity contribution in [2.75, 3.05) is 11.9 Å². The number of nitrogens with one attached hydrogen (secondary N) is 2. The summed E-state index contributed by atoms with van der Waals surface area (Å²) in [4.78, 5) is 29.8. The van der Waals surface area contributed by atoms with Crippen molar-refractivity contribution in [3.63, 3.8) is 0 Å². The SMILES string of the molecule is CCC(C)NC(=O)CCNc1cncc(C(=O)O)n1. The fraction of sp³-hybridized carbons (Fsp3) is 0.500. The lowest BCUT2D eigenvalue weighted by molar-refractivity contribution is -0.121. The molecule has 104 valence electrons. The van der Waals surface area contributed by atoms with E-state index in [1.54, 1.807) is 0 Å². The van der Waals surface area contributed by atoms with Gasteiger partial charge in [-0.05, 0) is 13.3 Å². The second-order valence-electron chi connectivity index (χ2n) is 4.15. The van der Waals surface area contributed by atoms with Gasteiger partial charge in [-0.15, -0.1) is 0 Å².